The van der Waals surface area contributed by atoms with Crippen LogP contribution in [0.15, 0.2) is 0 Å². The van der Waals surface area contributed by atoms with Crippen LogP contribution < -0.4 is 15.3 Å². The van der Waals surface area contributed by atoms with Gasteiger partial charge in [0, 0.05) is 43.6 Å². The number of aliphatic carboxylic acids is 4. The van der Waals surface area contributed by atoms with Crippen molar-refractivity contribution in [1.82, 2.24) is 0 Å². The molecule has 0 amide bonds. The number of hydrogen-bond acceptors (Lipinski definition) is 10. The molecule has 0 heterocycles. The minimum absolute atomic E-state index is 0. The summed E-state index contributed by atoms with van der Waals surface area (Å²) in [6.07, 6.45) is -1.19. The Kier molecular flexibility index (Phi) is 31.5. The third-order valence-corrected chi connectivity index (χ3v) is 1.48. The van der Waals surface area contributed by atoms with E-state index in [2.05, 4.69) is 0 Å². The summed E-state index contributed by atoms with van der Waals surface area (Å²) in [6, 6.07) is 0. The zero-order valence-electron chi connectivity index (χ0n) is 15.4. The van der Waals surface area contributed by atoms with Gasteiger partial charge in [-0.25, -0.2) is 0 Å². The van der Waals surface area contributed by atoms with E-state index in [9.17, 15) is 48.9 Å². The molecule has 0 spiro atoms. The summed E-state index contributed by atoms with van der Waals surface area (Å²) < 4.78 is 0. The molecule has 0 rings (SSSR count). The molecule has 150 valence electrons. The van der Waals surface area contributed by atoms with Crippen LogP contribution in [0.4, 0.5) is 0 Å². The second-order valence-electron chi connectivity index (χ2n) is 4.50. The number of carboxylic acid groups (broad SMARTS) is 4. The molecule has 0 aromatic heterocycles. The monoisotopic (exact) mass is 492 g/mol. The maximum Gasteiger partial charge on any atom is 3.00 e. The van der Waals surface area contributed by atoms with Crippen LogP contribution in [-0.2, 0) is 33.6 Å². The van der Waals surface area contributed by atoms with Gasteiger partial charge < -0.3 is 34.8 Å². The maximum absolute atomic E-state index is 9.83. The molecule has 27 heavy (non-hydrogen) atoms. The third-order valence-electron chi connectivity index (χ3n) is 1.48. The summed E-state index contributed by atoms with van der Waals surface area (Å²) in [5.41, 5.74) is 0. The predicted octanol–water partition coefficient (Wildman–Crippen LogP) is -3.75. The van der Waals surface area contributed by atoms with Crippen LogP contribution in [0.25, 0.3) is 0 Å². The fraction of sp³-hybridized carbons (Fsp3) is 0.533. The summed E-state index contributed by atoms with van der Waals surface area (Å²) in [5, 5.41) is 36.2. The van der Waals surface area contributed by atoms with Crippen LogP contribution in [0, 0.1) is 0 Å². The molecule has 0 atom stereocenters. The largest absolute Gasteiger partial charge is 3.00 e. The standard InChI is InChI=1S/3C4H6O3.C3H6O2.In/c3*1-3(5)2-4(6)7;1-2-3(4)5;/h3*2H2,1H3,(H,6,7);2H2,1H3,(H,4,5);/q;;;;+3/p-3. The first-order valence-corrected chi connectivity index (χ1v) is 6.95. The summed E-state index contributed by atoms with van der Waals surface area (Å²) in [7, 11) is 0. The second-order valence-corrected chi connectivity index (χ2v) is 4.50. The number of carbonyl (C=O) groups excluding carboxylic acids is 6. The normalized spacial score (nSPS) is 7.70. The topological polar surface area (TPSA) is 209 Å². The molecule has 0 saturated heterocycles. The van der Waals surface area contributed by atoms with Gasteiger partial charge in [0.15, 0.2) is 0 Å². The summed E-state index contributed by atoms with van der Waals surface area (Å²) in [6.45, 7) is 5.21. The van der Waals surface area contributed by atoms with Crippen molar-refractivity contribution in [3.8, 4) is 0 Å². The maximum atomic E-state index is 9.83. The number of rotatable bonds is 7. The number of ketones is 3. The van der Waals surface area contributed by atoms with E-state index in [4.69, 9.17) is 5.11 Å². The van der Waals surface area contributed by atoms with Crippen molar-refractivity contribution >= 4 is 67.1 Å². The molecule has 0 bridgehead atoms. The Morgan fingerprint density at radius 2 is 0.778 bits per heavy atom. The Morgan fingerprint density at radius 3 is 0.778 bits per heavy atom. The number of carbonyl (C=O) groups is 7. The van der Waals surface area contributed by atoms with Crippen molar-refractivity contribution in [2.45, 2.75) is 53.4 Å². The van der Waals surface area contributed by atoms with Gasteiger partial charge in [-0.2, -0.15) is 0 Å². The average molecular weight is 492 g/mol. The molecule has 0 aromatic rings. The van der Waals surface area contributed by atoms with Crippen LogP contribution >= 0.6 is 0 Å². The molecule has 0 radical (unpaired) electrons. The number of carboxylic acids is 4. The summed E-state index contributed by atoms with van der Waals surface area (Å²) in [4.78, 5) is 67.3. The molecule has 0 aliphatic carbocycles. The van der Waals surface area contributed by atoms with E-state index in [1.165, 1.54) is 20.8 Å². The van der Waals surface area contributed by atoms with Crippen molar-refractivity contribution in [1.29, 1.82) is 0 Å². The van der Waals surface area contributed by atoms with Gasteiger partial charge in [0.25, 0.3) is 0 Å². The minimum Gasteiger partial charge on any atom is -0.550 e. The summed E-state index contributed by atoms with van der Waals surface area (Å²) >= 11 is 0. The smallest absolute Gasteiger partial charge is 0.550 e. The van der Waals surface area contributed by atoms with Crippen molar-refractivity contribution in [3.05, 3.63) is 0 Å². The van der Waals surface area contributed by atoms with Crippen LogP contribution in [0.5, 0.6) is 0 Å². The third kappa shape index (κ3) is 81.3. The molecule has 0 unspecified atom stereocenters. The van der Waals surface area contributed by atoms with E-state index < -0.39 is 43.1 Å². The Hall–Kier alpha value is -2.24. The Bertz CT molecular complexity index is 414. The molecule has 1 N–H and O–H groups in total. The Balaban J connectivity index is -0.0000000793. The second kappa shape index (κ2) is 23.8. The SMILES string of the molecule is CC(=O)CC(=O)[O-].CC(=O)CC(=O)[O-].CC(=O)CC(=O)[O-].CCC(=O)O.[In+3]. The summed E-state index contributed by atoms with van der Waals surface area (Å²) in [5.74, 6) is -5.81. The van der Waals surface area contributed by atoms with Gasteiger partial charge in [-0.15, -0.1) is 0 Å². The van der Waals surface area contributed by atoms with Crippen molar-refractivity contribution in [3.63, 3.8) is 0 Å². The molecule has 12 heteroatoms. The van der Waals surface area contributed by atoms with Gasteiger partial charge in [-0.05, 0) is 20.8 Å². The van der Waals surface area contributed by atoms with Crippen LogP contribution in [0.1, 0.15) is 53.4 Å². The molecule has 0 aliphatic rings. The first-order valence-electron chi connectivity index (χ1n) is 6.95. The fourth-order valence-corrected chi connectivity index (χ4v) is 0.610. The van der Waals surface area contributed by atoms with Gasteiger partial charge in [-0.1, -0.05) is 6.92 Å². The van der Waals surface area contributed by atoms with E-state index in [0.717, 1.165) is 0 Å². The molecule has 11 nitrogen and oxygen atoms in total. The van der Waals surface area contributed by atoms with Gasteiger partial charge in [-0.3, -0.25) is 19.2 Å². The molecule has 0 saturated carbocycles. The first kappa shape index (κ1) is 35.8. The minimum atomic E-state index is -1.31. The van der Waals surface area contributed by atoms with E-state index in [0.29, 0.717) is 0 Å². The molecule has 0 fully saturated rings. The molecule has 0 aliphatic heterocycles. The quantitative estimate of drug-likeness (QED) is 0.341. The zero-order valence-corrected chi connectivity index (χ0v) is 18.7. The first-order chi connectivity index (χ1) is 11.6. The Morgan fingerprint density at radius 1 is 0.630 bits per heavy atom. The van der Waals surface area contributed by atoms with Gasteiger partial charge in [0.1, 0.15) is 17.3 Å². The van der Waals surface area contributed by atoms with Crippen molar-refractivity contribution in [2.75, 3.05) is 0 Å². The number of Topliss-reactive ketones (excluding diaryl/α,β-unsaturated/α-hetero) is 3. The zero-order chi connectivity index (χ0) is 21.9. The van der Waals surface area contributed by atoms with Crippen molar-refractivity contribution in [2.24, 2.45) is 0 Å². The van der Waals surface area contributed by atoms with Crippen LogP contribution in [-0.4, -0.2) is 72.2 Å². The average Bonchev–Trinajstić information content (AvgIpc) is 2.35. The van der Waals surface area contributed by atoms with E-state index in [1.807, 2.05) is 0 Å². The molecule has 0 aromatic carbocycles. The molecular formula is C15H21InO11. The van der Waals surface area contributed by atoms with Gasteiger partial charge in [0.05, 0.1) is 0 Å². The van der Waals surface area contributed by atoms with Crippen LogP contribution in [0.3, 0.4) is 0 Å². The Labute approximate surface area is 174 Å². The van der Waals surface area contributed by atoms with Crippen LogP contribution in [0.2, 0.25) is 0 Å². The fourth-order valence-electron chi connectivity index (χ4n) is 0.610. The van der Waals surface area contributed by atoms with E-state index in [1.54, 1.807) is 6.92 Å². The number of hydrogen-bond donors (Lipinski definition) is 1. The predicted molar refractivity (Wildman–Crippen MR) is 84.6 cm³/mol. The van der Waals surface area contributed by atoms with Crippen molar-refractivity contribution < 1.29 is 54.0 Å². The van der Waals surface area contributed by atoms with Gasteiger partial charge in [0.2, 0.25) is 0 Å². The van der Waals surface area contributed by atoms with E-state index in [-0.39, 0.29) is 49.6 Å². The molecular weight excluding hydrogens is 471 g/mol. The van der Waals surface area contributed by atoms with Gasteiger partial charge >= 0.3 is 31.8 Å². The van der Waals surface area contributed by atoms with E-state index >= 15 is 0 Å².